The highest BCUT2D eigenvalue weighted by Crippen LogP contribution is 2.26. The van der Waals surface area contributed by atoms with Crippen LogP contribution in [0.4, 0.5) is 0 Å². The summed E-state index contributed by atoms with van der Waals surface area (Å²) in [7, 11) is 0. The molecular formula is C13H26N2S. The van der Waals surface area contributed by atoms with Crippen molar-refractivity contribution in [2.45, 2.75) is 56.9 Å². The van der Waals surface area contributed by atoms with E-state index in [2.05, 4.69) is 35.8 Å². The van der Waals surface area contributed by atoms with Gasteiger partial charge in [-0.2, -0.15) is 11.8 Å². The lowest BCUT2D eigenvalue weighted by molar-refractivity contribution is 0.188. The number of nitrogens with zero attached hydrogens (tertiary/aromatic N) is 1. The van der Waals surface area contributed by atoms with Gasteiger partial charge in [0.2, 0.25) is 0 Å². The Labute approximate surface area is 105 Å². The van der Waals surface area contributed by atoms with E-state index in [-0.39, 0.29) is 0 Å². The number of hydrogen-bond acceptors (Lipinski definition) is 3. The van der Waals surface area contributed by atoms with Crippen molar-refractivity contribution in [3.63, 3.8) is 0 Å². The predicted octanol–water partition coefficient (Wildman–Crippen LogP) is 2.34. The van der Waals surface area contributed by atoms with Gasteiger partial charge in [0.25, 0.3) is 0 Å². The van der Waals surface area contributed by atoms with Gasteiger partial charge in [-0.3, -0.25) is 0 Å². The fourth-order valence-electron chi connectivity index (χ4n) is 2.92. The molecular weight excluding hydrogens is 216 g/mol. The van der Waals surface area contributed by atoms with E-state index in [0.29, 0.717) is 0 Å². The van der Waals surface area contributed by atoms with E-state index >= 15 is 0 Å². The second-order valence-corrected chi connectivity index (χ2v) is 6.71. The molecule has 0 aromatic rings. The molecule has 2 saturated heterocycles. The molecule has 0 bridgehead atoms. The lowest BCUT2D eigenvalue weighted by atomic mass is 10.0. The second kappa shape index (κ2) is 6.27. The summed E-state index contributed by atoms with van der Waals surface area (Å²) in [6, 6.07) is 1.51. The monoisotopic (exact) mass is 242 g/mol. The van der Waals surface area contributed by atoms with E-state index < -0.39 is 0 Å². The largest absolute Gasteiger partial charge is 0.309 e. The van der Waals surface area contributed by atoms with Gasteiger partial charge in [-0.25, -0.2) is 0 Å². The van der Waals surface area contributed by atoms with Gasteiger partial charge >= 0.3 is 0 Å². The topological polar surface area (TPSA) is 15.3 Å². The first-order valence-electron chi connectivity index (χ1n) is 6.89. The van der Waals surface area contributed by atoms with E-state index in [1.807, 2.05) is 0 Å². The van der Waals surface area contributed by atoms with Crippen LogP contribution in [0.15, 0.2) is 0 Å². The van der Waals surface area contributed by atoms with E-state index in [1.165, 1.54) is 51.1 Å². The third-order valence-electron chi connectivity index (χ3n) is 4.01. The molecule has 0 saturated carbocycles. The highest BCUT2D eigenvalue weighted by atomic mass is 32.2. The third-order valence-corrected chi connectivity index (χ3v) is 5.39. The molecule has 2 rings (SSSR count). The molecule has 3 unspecified atom stereocenters. The van der Waals surface area contributed by atoms with Crippen LogP contribution in [0, 0.1) is 0 Å². The number of hydrogen-bond donors (Lipinski definition) is 1. The summed E-state index contributed by atoms with van der Waals surface area (Å²) in [5, 5.41) is 4.72. The van der Waals surface area contributed by atoms with Crippen molar-refractivity contribution in [1.29, 1.82) is 0 Å². The quantitative estimate of drug-likeness (QED) is 0.818. The van der Waals surface area contributed by atoms with Crippen LogP contribution in [-0.2, 0) is 0 Å². The Morgan fingerprint density at radius 1 is 1.31 bits per heavy atom. The van der Waals surface area contributed by atoms with Crippen LogP contribution in [0.25, 0.3) is 0 Å². The number of nitrogens with one attached hydrogen (secondary N) is 1. The zero-order chi connectivity index (χ0) is 11.4. The summed E-state index contributed by atoms with van der Waals surface area (Å²) in [6.07, 6.45) is 5.54. The van der Waals surface area contributed by atoms with E-state index in [9.17, 15) is 0 Å². The van der Waals surface area contributed by atoms with Crippen molar-refractivity contribution in [1.82, 2.24) is 10.2 Å². The van der Waals surface area contributed by atoms with Gasteiger partial charge in [0.05, 0.1) is 0 Å². The standard InChI is InChI=1S/C13H26N2S/c1-3-15-8-4-6-12(10-15)14-13-7-5-9-16-11(13)2/h11-14H,3-10H2,1-2H3. The minimum atomic E-state index is 0.750. The lowest BCUT2D eigenvalue weighted by Gasteiger charge is -2.37. The molecule has 2 heterocycles. The van der Waals surface area contributed by atoms with Crippen LogP contribution in [0.3, 0.4) is 0 Å². The molecule has 94 valence electrons. The summed E-state index contributed by atoms with van der Waals surface area (Å²) in [4.78, 5) is 2.59. The van der Waals surface area contributed by atoms with Crippen LogP contribution in [0.5, 0.6) is 0 Å². The molecule has 2 nitrogen and oxygen atoms in total. The lowest BCUT2D eigenvalue weighted by Crippen LogP contribution is -2.52. The molecule has 1 N–H and O–H groups in total. The summed E-state index contributed by atoms with van der Waals surface area (Å²) in [5.74, 6) is 1.37. The molecule has 0 radical (unpaired) electrons. The summed E-state index contributed by atoms with van der Waals surface area (Å²) >= 11 is 2.15. The van der Waals surface area contributed by atoms with Crippen molar-refractivity contribution in [2.24, 2.45) is 0 Å². The summed E-state index contributed by atoms with van der Waals surface area (Å²) in [5.41, 5.74) is 0. The second-order valence-electron chi connectivity index (χ2n) is 5.22. The molecule has 0 spiro atoms. The van der Waals surface area contributed by atoms with E-state index in [4.69, 9.17) is 0 Å². The van der Waals surface area contributed by atoms with Crippen LogP contribution < -0.4 is 5.32 Å². The zero-order valence-corrected chi connectivity index (χ0v) is 11.6. The highest BCUT2D eigenvalue weighted by molar-refractivity contribution is 7.99. The minimum Gasteiger partial charge on any atom is -0.309 e. The predicted molar refractivity (Wildman–Crippen MR) is 73.2 cm³/mol. The first kappa shape index (κ1) is 12.7. The van der Waals surface area contributed by atoms with Gasteiger partial charge in [0, 0.05) is 23.9 Å². The van der Waals surface area contributed by atoms with Crippen molar-refractivity contribution < 1.29 is 0 Å². The Morgan fingerprint density at radius 2 is 2.19 bits per heavy atom. The smallest absolute Gasteiger partial charge is 0.0198 e. The molecule has 0 amide bonds. The summed E-state index contributed by atoms with van der Waals surface area (Å²) in [6.45, 7) is 8.46. The molecule has 0 aromatic carbocycles. The molecule has 2 aliphatic rings. The van der Waals surface area contributed by atoms with Crippen molar-refractivity contribution in [3.05, 3.63) is 0 Å². The minimum absolute atomic E-state index is 0.750. The van der Waals surface area contributed by atoms with Crippen LogP contribution >= 0.6 is 11.8 Å². The number of piperidine rings is 1. The molecule has 16 heavy (non-hydrogen) atoms. The van der Waals surface area contributed by atoms with Gasteiger partial charge in [-0.05, 0) is 44.5 Å². The van der Waals surface area contributed by atoms with Gasteiger partial charge in [-0.15, -0.1) is 0 Å². The average molecular weight is 242 g/mol. The number of rotatable bonds is 3. The van der Waals surface area contributed by atoms with Crippen molar-refractivity contribution in [3.8, 4) is 0 Å². The SMILES string of the molecule is CCN1CCCC(NC2CCCSC2C)C1. The first-order chi connectivity index (χ1) is 7.79. The van der Waals surface area contributed by atoms with Crippen molar-refractivity contribution >= 4 is 11.8 Å². The zero-order valence-electron chi connectivity index (χ0n) is 10.7. The van der Waals surface area contributed by atoms with Gasteiger partial charge in [-0.1, -0.05) is 13.8 Å². The Kier molecular flexibility index (Phi) is 4.98. The fraction of sp³-hybridized carbons (Fsp3) is 1.00. The molecule has 3 heteroatoms. The van der Waals surface area contributed by atoms with Gasteiger partial charge in [0.1, 0.15) is 0 Å². The normalized spacial score (nSPS) is 37.5. The fourth-order valence-corrected chi connectivity index (χ4v) is 4.08. The number of likely N-dealkylation sites (tertiary alicyclic amines) is 1. The van der Waals surface area contributed by atoms with Crippen molar-refractivity contribution in [2.75, 3.05) is 25.4 Å². The Hall–Kier alpha value is 0.270. The third kappa shape index (κ3) is 3.38. The Balaban J connectivity index is 1.79. The van der Waals surface area contributed by atoms with Crippen LogP contribution in [0.1, 0.15) is 39.5 Å². The molecule has 3 atom stereocenters. The van der Waals surface area contributed by atoms with Gasteiger partial charge < -0.3 is 10.2 Å². The molecule has 0 aliphatic carbocycles. The first-order valence-corrected chi connectivity index (χ1v) is 7.94. The molecule has 2 fully saturated rings. The van der Waals surface area contributed by atoms with Crippen LogP contribution in [0.2, 0.25) is 0 Å². The molecule has 0 aromatic heterocycles. The average Bonchev–Trinajstić information content (AvgIpc) is 2.32. The maximum absolute atomic E-state index is 3.91. The number of likely N-dealkylation sites (N-methyl/N-ethyl adjacent to an activating group) is 1. The van der Waals surface area contributed by atoms with E-state index in [1.54, 1.807) is 0 Å². The maximum Gasteiger partial charge on any atom is 0.0198 e. The Morgan fingerprint density at radius 3 is 2.94 bits per heavy atom. The number of thioether (sulfide) groups is 1. The van der Waals surface area contributed by atoms with Crippen LogP contribution in [-0.4, -0.2) is 47.6 Å². The van der Waals surface area contributed by atoms with Gasteiger partial charge in [0.15, 0.2) is 0 Å². The highest BCUT2D eigenvalue weighted by Gasteiger charge is 2.26. The summed E-state index contributed by atoms with van der Waals surface area (Å²) < 4.78 is 0. The van der Waals surface area contributed by atoms with E-state index in [0.717, 1.165) is 17.3 Å². The Bertz CT molecular complexity index is 210. The molecule has 2 aliphatic heterocycles. The maximum atomic E-state index is 3.91.